The van der Waals surface area contributed by atoms with Crippen molar-refractivity contribution in [3.8, 4) is 0 Å². The number of rotatable bonds is 4. The van der Waals surface area contributed by atoms with Crippen molar-refractivity contribution < 1.29 is 8.42 Å². The van der Waals surface area contributed by atoms with Crippen LogP contribution in [0.2, 0.25) is 5.02 Å². The van der Waals surface area contributed by atoms with Gasteiger partial charge in [-0.3, -0.25) is 0 Å². The van der Waals surface area contributed by atoms with Crippen LogP contribution in [0.4, 0.5) is 5.82 Å². The lowest BCUT2D eigenvalue weighted by molar-refractivity contribution is 0.597. The van der Waals surface area contributed by atoms with Crippen LogP contribution in [0.25, 0.3) is 22.2 Å². The molecule has 0 spiro atoms. The summed E-state index contributed by atoms with van der Waals surface area (Å²) in [5.41, 5.74) is 9.50. The molecule has 3 aromatic carbocycles. The van der Waals surface area contributed by atoms with Crippen LogP contribution in [-0.2, 0) is 9.84 Å². The topological polar surface area (TPSA) is 103 Å². The maximum absolute atomic E-state index is 13.7. The maximum Gasteiger partial charge on any atom is 0.212 e. The van der Waals surface area contributed by atoms with Gasteiger partial charge in [0.15, 0.2) is 5.65 Å². The van der Waals surface area contributed by atoms with Crippen LogP contribution in [0.1, 0.15) is 11.1 Å². The first kappa shape index (κ1) is 21.1. The van der Waals surface area contributed by atoms with Gasteiger partial charge in [-0.1, -0.05) is 48.0 Å². The first-order chi connectivity index (χ1) is 15.8. The largest absolute Gasteiger partial charge is 0.382 e. The molecular formula is C24H18ClN5O2S. The minimum atomic E-state index is -4.00. The van der Waals surface area contributed by atoms with Gasteiger partial charge in [-0.2, -0.15) is 9.78 Å². The van der Waals surface area contributed by atoms with Gasteiger partial charge in [0.05, 0.1) is 22.1 Å². The quantitative estimate of drug-likeness (QED) is 0.374. The van der Waals surface area contributed by atoms with Crippen LogP contribution in [0, 0.1) is 6.92 Å². The van der Waals surface area contributed by atoms with Crippen molar-refractivity contribution in [2.75, 3.05) is 5.73 Å². The zero-order chi connectivity index (χ0) is 23.2. The van der Waals surface area contributed by atoms with Crippen LogP contribution in [0.5, 0.6) is 0 Å². The Bertz CT molecular complexity index is 1680. The second-order valence-corrected chi connectivity index (χ2v) is 9.85. The van der Waals surface area contributed by atoms with Gasteiger partial charge < -0.3 is 5.73 Å². The van der Waals surface area contributed by atoms with Crippen molar-refractivity contribution in [3.05, 3.63) is 88.9 Å². The SMILES string of the molecule is Cc1cccc(S(=O)(=O)c2c(N)n(/N=C\c3cccc(Cl)c3)c3nc4ccccc4nc23)c1. The number of nitrogens with two attached hydrogens (primary N) is 1. The van der Waals surface area contributed by atoms with E-state index in [-0.39, 0.29) is 26.8 Å². The molecule has 0 fully saturated rings. The fourth-order valence-electron chi connectivity index (χ4n) is 3.62. The summed E-state index contributed by atoms with van der Waals surface area (Å²) >= 11 is 6.07. The van der Waals surface area contributed by atoms with Crippen LogP contribution in [0.3, 0.4) is 0 Å². The van der Waals surface area contributed by atoms with E-state index in [0.29, 0.717) is 16.1 Å². The number of para-hydroxylation sites is 2. The predicted molar refractivity (Wildman–Crippen MR) is 131 cm³/mol. The highest BCUT2D eigenvalue weighted by Crippen LogP contribution is 2.35. The molecule has 164 valence electrons. The Labute approximate surface area is 195 Å². The van der Waals surface area contributed by atoms with E-state index in [9.17, 15) is 8.42 Å². The number of anilines is 1. The van der Waals surface area contributed by atoms with E-state index in [1.165, 1.54) is 10.7 Å². The molecule has 0 unspecified atom stereocenters. The van der Waals surface area contributed by atoms with Crippen molar-refractivity contribution in [1.29, 1.82) is 0 Å². The van der Waals surface area contributed by atoms with Gasteiger partial charge in [0.1, 0.15) is 16.2 Å². The molecule has 0 atom stereocenters. The molecule has 2 N–H and O–H groups in total. The number of hydrogen-bond acceptors (Lipinski definition) is 6. The molecule has 0 amide bonds. The van der Waals surface area contributed by atoms with E-state index in [4.69, 9.17) is 17.3 Å². The van der Waals surface area contributed by atoms with E-state index >= 15 is 0 Å². The van der Waals surface area contributed by atoms with Gasteiger partial charge >= 0.3 is 0 Å². The van der Waals surface area contributed by atoms with Crippen molar-refractivity contribution in [2.45, 2.75) is 16.7 Å². The number of aryl methyl sites for hydroxylation is 1. The van der Waals surface area contributed by atoms with E-state index in [2.05, 4.69) is 15.1 Å². The molecular weight excluding hydrogens is 458 g/mol. The van der Waals surface area contributed by atoms with Crippen LogP contribution >= 0.6 is 11.6 Å². The lowest BCUT2D eigenvalue weighted by atomic mass is 10.2. The van der Waals surface area contributed by atoms with Gasteiger partial charge in [-0.15, -0.1) is 0 Å². The molecule has 0 aliphatic carbocycles. The Kier molecular flexibility index (Phi) is 5.11. The summed E-state index contributed by atoms with van der Waals surface area (Å²) in [7, 11) is -4.00. The van der Waals surface area contributed by atoms with Crippen molar-refractivity contribution in [2.24, 2.45) is 5.10 Å². The Hall–Kier alpha value is -3.75. The second kappa shape index (κ2) is 7.99. The number of nitrogens with zero attached hydrogens (tertiary/aromatic N) is 4. The summed E-state index contributed by atoms with van der Waals surface area (Å²) in [5.74, 6) is -0.0694. The molecule has 0 aliphatic heterocycles. The molecule has 0 bridgehead atoms. The summed E-state index contributed by atoms with van der Waals surface area (Å²) in [4.78, 5) is 9.24. The minimum Gasteiger partial charge on any atom is -0.382 e. The van der Waals surface area contributed by atoms with Crippen LogP contribution in [0.15, 0.2) is 87.7 Å². The Morgan fingerprint density at radius 2 is 1.70 bits per heavy atom. The number of halogens is 1. The monoisotopic (exact) mass is 475 g/mol. The fraction of sp³-hybridized carbons (Fsp3) is 0.0417. The summed E-state index contributed by atoms with van der Waals surface area (Å²) in [6.07, 6.45) is 1.54. The highest BCUT2D eigenvalue weighted by molar-refractivity contribution is 7.92. The number of hydrogen-bond donors (Lipinski definition) is 1. The third-order valence-corrected chi connectivity index (χ3v) is 7.22. The third kappa shape index (κ3) is 3.73. The molecule has 0 saturated heterocycles. The summed E-state index contributed by atoms with van der Waals surface area (Å²) in [6, 6.07) is 21.0. The van der Waals surface area contributed by atoms with Crippen LogP contribution < -0.4 is 5.73 Å². The van der Waals surface area contributed by atoms with Gasteiger partial charge in [0.2, 0.25) is 9.84 Å². The molecule has 33 heavy (non-hydrogen) atoms. The smallest absolute Gasteiger partial charge is 0.212 e. The minimum absolute atomic E-state index is 0.0694. The van der Waals surface area contributed by atoms with E-state index < -0.39 is 9.84 Å². The summed E-state index contributed by atoms with van der Waals surface area (Å²) in [5, 5.41) is 4.99. The highest BCUT2D eigenvalue weighted by Gasteiger charge is 2.30. The molecule has 0 aliphatic rings. The van der Waals surface area contributed by atoms with Crippen molar-refractivity contribution in [1.82, 2.24) is 14.6 Å². The fourth-order valence-corrected chi connectivity index (χ4v) is 5.40. The lowest BCUT2D eigenvalue weighted by Gasteiger charge is -2.06. The average molecular weight is 476 g/mol. The third-order valence-electron chi connectivity index (χ3n) is 5.17. The Morgan fingerprint density at radius 3 is 2.42 bits per heavy atom. The molecule has 7 nitrogen and oxygen atoms in total. The number of benzene rings is 3. The standard InChI is InChI=1S/C24H18ClN5O2S/c1-15-6-4-9-18(12-15)33(31,32)22-21-24(29-20-11-3-2-10-19(20)28-21)30(23(22)26)27-14-16-7-5-8-17(25)13-16/h2-14H,26H2,1H3/b27-14-. The molecule has 2 aromatic heterocycles. The number of sulfone groups is 1. The lowest BCUT2D eigenvalue weighted by Crippen LogP contribution is -2.07. The van der Waals surface area contributed by atoms with E-state index in [1.807, 2.05) is 31.2 Å². The molecule has 0 saturated carbocycles. The van der Waals surface area contributed by atoms with Gasteiger partial charge in [-0.05, 0) is 54.4 Å². The number of fused-ring (bicyclic) bond motifs is 2. The summed E-state index contributed by atoms with van der Waals surface area (Å²) < 4.78 is 28.6. The van der Waals surface area contributed by atoms with Crippen LogP contribution in [-0.4, -0.2) is 29.3 Å². The average Bonchev–Trinajstić information content (AvgIpc) is 3.07. The Balaban J connectivity index is 1.81. The molecule has 2 heterocycles. The molecule has 9 heteroatoms. The molecule has 0 radical (unpaired) electrons. The Morgan fingerprint density at radius 1 is 0.970 bits per heavy atom. The normalized spacial score (nSPS) is 12.2. The summed E-state index contributed by atoms with van der Waals surface area (Å²) in [6.45, 7) is 1.83. The van der Waals surface area contributed by atoms with E-state index in [0.717, 1.165) is 11.1 Å². The zero-order valence-electron chi connectivity index (χ0n) is 17.5. The molecule has 5 aromatic rings. The van der Waals surface area contributed by atoms with Gasteiger partial charge in [0.25, 0.3) is 0 Å². The van der Waals surface area contributed by atoms with E-state index in [1.54, 1.807) is 48.7 Å². The predicted octanol–water partition coefficient (Wildman–Crippen LogP) is 4.84. The number of aromatic nitrogens is 3. The second-order valence-electron chi connectivity index (χ2n) is 7.53. The zero-order valence-corrected chi connectivity index (χ0v) is 19.0. The van der Waals surface area contributed by atoms with Gasteiger partial charge in [0, 0.05) is 5.02 Å². The van der Waals surface area contributed by atoms with Gasteiger partial charge in [-0.25, -0.2) is 18.4 Å². The highest BCUT2D eigenvalue weighted by atomic mass is 35.5. The van der Waals surface area contributed by atoms with Crippen molar-refractivity contribution in [3.63, 3.8) is 0 Å². The van der Waals surface area contributed by atoms with Crippen molar-refractivity contribution >= 4 is 55.7 Å². The first-order valence-electron chi connectivity index (χ1n) is 10.0. The first-order valence-corrected chi connectivity index (χ1v) is 11.9. The maximum atomic E-state index is 13.7. The number of nitrogen functional groups attached to an aromatic ring is 1. The molecule has 5 rings (SSSR count).